The van der Waals surface area contributed by atoms with Gasteiger partial charge in [-0.2, -0.15) is 0 Å². The van der Waals surface area contributed by atoms with Crippen molar-refractivity contribution in [3.63, 3.8) is 0 Å². The molecule has 0 unspecified atom stereocenters. The molecule has 1 amide bonds. The minimum atomic E-state index is -0.102. The Morgan fingerprint density at radius 2 is 1.79 bits per heavy atom. The van der Waals surface area contributed by atoms with Crippen LogP contribution >= 0.6 is 0 Å². The molecule has 28 heavy (non-hydrogen) atoms. The number of ether oxygens (including phenoxy) is 1. The lowest BCUT2D eigenvalue weighted by atomic mass is 9.98. The molecule has 0 saturated heterocycles. The fourth-order valence-electron chi connectivity index (χ4n) is 2.85. The highest BCUT2D eigenvalue weighted by Gasteiger charge is 2.14. The van der Waals surface area contributed by atoms with Gasteiger partial charge in [0, 0.05) is 23.7 Å². The molecule has 0 aliphatic heterocycles. The van der Waals surface area contributed by atoms with Crippen LogP contribution in [-0.4, -0.2) is 25.8 Å². The molecule has 0 fully saturated rings. The number of para-hydroxylation sites is 1. The molecule has 0 spiro atoms. The molecule has 0 aliphatic rings. The van der Waals surface area contributed by atoms with E-state index in [4.69, 9.17) is 9.57 Å². The number of hydrogen-bond acceptors (Lipinski definition) is 4. The summed E-state index contributed by atoms with van der Waals surface area (Å²) in [5, 5.41) is 6.96. The van der Waals surface area contributed by atoms with E-state index in [-0.39, 0.29) is 12.5 Å². The van der Waals surface area contributed by atoms with E-state index >= 15 is 0 Å². The predicted octanol–water partition coefficient (Wildman–Crippen LogP) is 4.57. The number of unbranched alkanes of at least 4 members (excludes halogenated alkanes) is 1. The average molecular weight is 380 g/mol. The number of hydrogen-bond donors (Lipinski definition) is 1. The van der Waals surface area contributed by atoms with Crippen molar-refractivity contribution in [3.05, 3.63) is 71.3 Å². The van der Waals surface area contributed by atoms with E-state index < -0.39 is 0 Å². The van der Waals surface area contributed by atoms with Crippen molar-refractivity contribution >= 4 is 17.2 Å². The van der Waals surface area contributed by atoms with Crippen LogP contribution < -0.4 is 10.1 Å². The second-order valence-electron chi connectivity index (χ2n) is 6.29. The first-order chi connectivity index (χ1) is 13.6. The molecule has 0 heterocycles. The van der Waals surface area contributed by atoms with Gasteiger partial charge in [0.05, 0.1) is 12.8 Å². The Morgan fingerprint density at radius 1 is 1.11 bits per heavy atom. The fourth-order valence-corrected chi connectivity index (χ4v) is 2.85. The molecule has 2 aromatic carbocycles. The summed E-state index contributed by atoms with van der Waals surface area (Å²) >= 11 is 0. The Bertz CT molecular complexity index is 856. The molecule has 1 N–H and O–H groups in total. The van der Waals surface area contributed by atoms with Gasteiger partial charge in [-0.1, -0.05) is 61.0 Å². The van der Waals surface area contributed by atoms with Crippen LogP contribution in [0.25, 0.3) is 5.57 Å². The van der Waals surface area contributed by atoms with Crippen LogP contribution in [0.4, 0.5) is 0 Å². The summed E-state index contributed by atoms with van der Waals surface area (Å²) in [4.78, 5) is 18.0. The van der Waals surface area contributed by atoms with Gasteiger partial charge in [-0.3, -0.25) is 4.79 Å². The molecule has 0 bridgehead atoms. The number of methoxy groups -OCH3 is 1. The van der Waals surface area contributed by atoms with Crippen LogP contribution in [0, 0.1) is 0 Å². The number of oxime groups is 1. The number of carbonyl (C=O) groups is 1. The van der Waals surface area contributed by atoms with Crippen molar-refractivity contribution in [3.8, 4) is 5.75 Å². The lowest BCUT2D eigenvalue weighted by molar-refractivity contribution is -0.115. The Hall–Kier alpha value is -3.08. The Kier molecular flexibility index (Phi) is 8.28. The van der Waals surface area contributed by atoms with Crippen LogP contribution in [0.3, 0.4) is 0 Å². The van der Waals surface area contributed by atoms with Gasteiger partial charge in [0.2, 0.25) is 0 Å². The van der Waals surface area contributed by atoms with Crippen LogP contribution in [0.2, 0.25) is 0 Å². The monoisotopic (exact) mass is 380 g/mol. The first-order valence-corrected chi connectivity index (χ1v) is 9.42. The third-order valence-electron chi connectivity index (χ3n) is 4.33. The van der Waals surface area contributed by atoms with E-state index in [0.717, 1.165) is 41.0 Å². The molecule has 2 rings (SSSR count). The standard InChI is InChI=1S/C23H28N2O3/c1-5-6-12-21(23(26)24-3)20-14-8-7-11-18(20)16-28-25-17(2)19-13-9-10-15-22(19)27-4/h7-15H,5-6,16H2,1-4H3,(H,24,26)/b21-12-,25-17+. The summed E-state index contributed by atoms with van der Waals surface area (Å²) in [5.41, 5.74) is 4.04. The highest BCUT2D eigenvalue weighted by Crippen LogP contribution is 2.22. The maximum absolute atomic E-state index is 12.3. The molecule has 0 saturated carbocycles. The van der Waals surface area contributed by atoms with Crippen LogP contribution in [0.5, 0.6) is 5.75 Å². The second-order valence-corrected chi connectivity index (χ2v) is 6.29. The van der Waals surface area contributed by atoms with Gasteiger partial charge in [0.25, 0.3) is 5.91 Å². The van der Waals surface area contributed by atoms with E-state index in [9.17, 15) is 4.79 Å². The van der Waals surface area contributed by atoms with Crippen LogP contribution in [-0.2, 0) is 16.2 Å². The minimum Gasteiger partial charge on any atom is -0.496 e. The molecular weight excluding hydrogens is 352 g/mol. The van der Waals surface area contributed by atoms with Gasteiger partial charge in [-0.15, -0.1) is 0 Å². The number of nitrogens with one attached hydrogen (secondary N) is 1. The third kappa shape index (κ3) is 5.46. The summed E-state index contributed by atoms with van der Waals surface area (Å²) in [6.45, 7) is 4.23. The third-order valence-corrected chi connectivity index (χ3v) is 4.33. The molecular formula is C23H28N2O3. The van der Waals surface area contributed by atoms with Crippen LogP contribution in [0.1, 0.15) is 43.4 Å². The molecule has 0 aromatic heterocycles. The zero-order chi connectivity index (χ0) is 20.4. The fraction of sp³-hybridized carbons (Fsp3) is 0.304. The van der Waals surface area contributed by atoms with Gasteiger partial charge >= 0.3 is 0 Å². The lowest BCUT2D eigenvalue weighted by Gasteiger charge is -2.12. The van der Waals surface area contributed by atoms with E-state index in [1.807, 2.05) is 61.5 Å². The number of benzene rings is 2. The number of nitrogens with zero attached hydrogens (tertiary/aromatic N) is 1. The SMILES string of the molecule is CCC/C=C(\C(=O)NC)c1ccccc1CO/N=C(\C)c1ccccc1OC. The van der Waals surface area contributed by atoms with Gasteiger partial charge in [-0.25, -0.2) is 0 Å². The van der Waals surface area contributed by atoms with E-state index in [2.05, 4.69) is 17.4 Å². The number of rotatable bonds is 9. The molecule has 0 aliphatic carbocycles. The highest BCUT2D eigenvalue weighted by molar-refractivity contribution is 6.19. The normalized spacial score (nSPS) is 11.9. The highest BCUT2D eigenvalue weighted by atomic mass is 16.6. The largest absolute Gasteiger partial charge is 0.496 e. The number of carbonyl (C=O) groups excluding carboxylic acids is 1. The maximum Gasteiger partial charge on any atom is 0.251 e. The second kappa shape index (κ2) is 10.9. The molecule has 0 radical (unpaired) electrons. The summed E-state index contributed by atoms with van der Waals surface area (Å²) in [5.74, 6) is 0.645. The Balaban J connectivity index is 2.22. The van der Waals surface area contributed by atoms with Gasteiger partial charge in [0.15, 0.2) is 0 Å². The Labute approximate surface area is 167 Å². The zero-order valence-corrected chi connectivity index (χ0v) is 17.0. The van der Waals surface area contributed by atoms with Gasteiger partial charge < -0.3 is 14.9 Å². The first-order valence-electron chi connectivity index (χ1n) is 9.42. The minimum absolute atomic E-state index is 0.102. The summed E-state index contributed by atoms with van der Waals surface area (Å²) in [6.07, 6.45) is 3.78. The topological polar surface area (TPSA) is 59.9 Å². The van der Waals surface area contributed by atoms with E-state index in [0.29, 0.717) is 5.57 Å². The van der Waals surface area contributed by atoms with Crippen molar-refractivity contribution in [2.75, 3.05) is 14.2 Å². The van der Waals surface area contributed by atoms with Crippen molar-refractivity contribution in [2.45, 2.75) is 33.3 Å². The summed E-state index contributed by atoms with van der Waals surface area (Å²) < 4.78 is 5.37. The van der Waals surface area contributed by atoms with Crippen molar-refractivity contribution in [1.29, 1.82) is 0 Å². The van der Waals surface area contributed by atoms with Crippen LogP contribution in [0.15, 0.2) is 59.8 Å². The zero-order valence-electron chi connectivity index (χ0n) is 17.0. The van der Waals surface area contributed by atoms with E-state index in [1.54, 1.807) is 14.2 Å². The number of likely N-dealkylation sites (N-methyl/N-ethyl adjacent to an activating group) is 1. The van der Waals surface area contributed by atoms with Crippen molar-refractivity contribution < 1.29 is 14.4 Å². The molecule has 0 atom stereocenters. The summed E-state index contributed by atoms with van der Waals surface area (Å²) in [7, 11) is 3.27. The predicted molar refractivity (Wildman–Crippen MR) is 113 cm³/mol. The average Bonchev–Trinajstić information content (AvgIpc) is 2.74. The molecule has 5 nitrogen and oxygen atoms in total. The van der Waals surface area contributed by atoms with Gasteiger partial charge in [-0.05, 0) is 31.0 Å². The first kappa shape index (κ1) is 21.2. The van der Waals surface area contributed by atoms with Gasteiger partial charge in [0.1, 0.15) is 12.4 Å². The lowest BCUT2D eigenvalue weighted by Crippen LogP contribution is -2.20. The van der Waals surface area contributed by atoms with Crippen molar-refractivity contribution in [1.82, 2.24) is 5.32 Å². The quantitative estimate of drug-likeness (QED) is 0.394. The summed E-state index contributed by atoms with van der Waals surface area (Å²) in [6, 6.07) is 15.4. The molecule has 148 valence electrons. The smallest absolute Gasteiger partial charge is 0.251 e. The molecule has 5 heteroatoms. The Morgan fingerprint density at radius 3 is 2.46 bits per heavy atom. The van der Waals surface area contributed by atoms with Crippen molar-refractivity contribution in [2.24, 2.45) is 5.16 Å². The maximum atomic E-state index is 12.3. The number of amides is 1. The molecule has 2 aromatic rings. The van der Waals surface area contributed by atoms with E-state index in [1.165, 1.54) is 0 Å². The number of allylic oxidation sites excluding steroid dienone is 1.